The second-order valence-electron chi connectivity index (χ2n) is 10.6. The Morgan fingerprint density at radius 3 is 2.18 bits per heavy atom. The monoisotopic (exact) mass is 661 g/mol. The smallest absolute Gasteiger partial charge is 0.243 e. The number of carbonyl (C=O) groups is 2. The predicted octanol–water partition coefficient (Wildman–Crippen LogP) is 6.49. The maximum Gasteiger partial charge on any atom is 0.243 e. The summed E-state index contributed by atoms with van der Waals surface area (Å²) >= 11 is 13.1. The average Bonchev–Trinajstić information content (AvgIpc) is 2.98. The average molecular weight is 663 g/mol. The molecule has 0 unspecified atom stereocenters. The molecular formula is C33H41Cl2N3O5S. The van der Waals surface area contributed by atoms with Crippen LogP contribution in [0.4, 0.5) is 5.69 Å². The number of carbonyl (C=O) groups excluding carboxylic acids is 2. The number of anilines is 1. The number of amides is 2. The predicted molar refractivity (Wildman–Crippen MR) is 178 cm³/mol. The molecule has 2 atom stereocenters. The number of benzene rings is 3. The second-order valence-corrected chi connectivity index (χ2v) is 13.3. The van der Waals surface area contributed by atoms with Crippen molar-refractivity contribution in [2.24, 2.45) is 0 Å². The van der Waals surface area contributed by atoms with Gasteiger partial charge in [0.2, 0.25) is 21.8 Å². The van der Waals surface area contributed by atoms with E-state index in [-0.39, 0.29) is 50.2 Å². The van der Waals surface area contributed by atoms with Crippen molar-refractivity contribution in [1.29, 1.82) is 0 Å². The van der Waals surface area contributed by atoms with Crippen molar-refractivity contribution >= 4 is 50.7 Å². The van der Waals surface area contributed by atoms with Gasteiger partial charge < -0.3 is 15.0 Å². The molecule has 0 saturated carbocycles. The van der Waals surface area contributed by atoms with Gasteiger partial charge in [-0.15, -0.1) is 0 Å². The number of hydrogen-bond acceptors (Lipinski definition) is 5. The highest BCUT2D eigenvalue weighted by Crippen LogP contribution is 2.31. The zero-order chi connectivity index (χ0) is 32.3. The Balaban J connectivity index is 1.95. The van der Waals surface area contributed by atoms with Crippen LogP contribution in [-0.2, 0) is 32.6 Å². The lowest BCUT2D eigenvalue weighted by Gasteiger charge is -2.33. The molecule has 0 spiro atoms. The molecule has 2 amide bonds. The van der Waals surface area contributed by atoms with Crippen molar-refractivity contribution in [3.05, 3.63) is 94.0 Å². The van der Waals surface area contributed by atoms with Crippen LogP contribution in [0.5, 0.6) is 5.75 Å². The molecule has 11 heteroatoms. The lowest BCUT2D eigenvalue weighted by molar-refractivity contribution is -0.141. The highest BCUT2D eigenvalue weighted by Gasteiger charge is 2.32. The maximum atomic E-state index is 14.1. The molecular weight excluding hydrogens is 621 g/mol. The van der Waals surface area contributed by atoms with Crippen molar-refractivity contribution in [2.45, 2.75) is 65.1 Å². The van der Waals surface area contributed by atoms with E-state index in [4.69, 9.17) is 27.9 Å². The molecule has 0 heterocycles. The van der Waals surface area contributed by atoms with Crippen molar-refractivity contribution in [3.8, 4) is 5.75 Å². The summed E-state index contributed by atoms with van der Waals surface area (Å²) in [5.74, 6) is -0.178. The number of para-hydroxylation sites is 2. The van der Waals surface area contributed by atoms with Gasteiger partial charge in [-0.1, -0.05) is 78.7 Å². The SMILES string of the molecule is CCOc1ccccc1N(CCCC(=O)N(Cc1c(Cl)cccc1Cl)[C@H](Cc1ccccc1)C(=O)N[C@H](C)CC)S(C)(=O)=O. The number of hydrogen-bond donors (Lipinski definition) is 1. The first kappa shape index (κ1) is 35.2. The molecule has 3 aromatic rings. The van der Waals surface area contributed by atoms with Gasteiger partial charge in [-0.2, -0.15) is 0 Å². The maximum absolute atomic E-state index is 14.1. The molecule has 3 rings (SSSR count). The van der Waals surface area contributed by atoms with Gasteiger partial charge in [-0.05, 0) is 56.5 Å². The molecule has 8 nitrogen and oxygen atoms in total. The summed E-state index contributed by atoms with van der Waals surface area (Å²) in [7, 11) is -3.69. The van der Waals surface area contributed by atoms with E-state index >= 15 is 0 Å². The minimum Gasteiger partial charge on any atom is -0.492 e. The molecule has 0 radical (unpaired) electrons. The van der Waals surface area contributed by atoms with Crippen LogP contribution in [0.2, 0.25) is 10.0 Å². The summed E-state index contributed by atoms with van der Waals surface area (Å²) in [6.07, 6.45) is 2.29. The van der Waals surface area contributed by atoms with E-state index in [1.807, 2.05) is 51.1 Å². The summed E-state index contributed by atoms with van der Waals surface area (Å²) in [6.45, 7) is 6.12. The van der Waals surface area contributed by atoms with Crippen LogP contribution < -0.4 is 14.4 Å². The number of halogens is 2. The molecule has 1 N–H and O–H groups in total. The van der Waals surface area contributed by atoms with Crippen LogP contribution in [0.15, 0.2) is 72.8 Å². The third-order valence-corrected chi connectivity index (χ3v) is 9.14. The highest BCUT2D eigenvalue weighted by molar-refractivity contribution is 7.92. The van der Waals surface area contributed by atoms with E-state index in [1.54, 1.807) is 42.5 Å². The minimum atomic E-state index is -3.69. The summed E-state index contributed by atoms with van der Waals surface area (Å²) in [6, 6.07) is 20.5. The largest absolute Gasteiger partial charge is 0.492 e. The third-order valence-electron chi connectivity index (χ3n) is 7.25. The van der Waals surface area contributed by atoms with Crippen molar-refractivity contribution < 1.29 is 22.7 Å². The molecule has 0 fully saturated rings. The van der Waals surface area contributed by atoms with E-state index < -0.39 is 16.1 Å². The summed E-state index contributed by atoms with van der Waals surface area (Å²) in [5.41, 5.74) is 1.82. The lowest BCUT2D eigenvalue weighted by atomic mass is 10.0. The van der Waals surface area contributed by atoms with Crippen LogP contribution in [0.1, 0.15) is 51.2 Å². The van der Waals surface area contributed by atoms with Crippen molar-refractivity contribution in [3.63, 3.8) is 0 Å². The molecule has 238 valence electrons. The van der Waals surface area contributed by atoms with Gasteiger partial charge in [0.1, 0.15) is 11.8 Å². The first-order valence-corrected chi connectivity index (χ1v) is 17.3. The molecule has 0 bridgehead atoms. The van der Waals surface area contributed by atoms with Crippen LogP contribution >= 0.6 is 23.2 Å². The van der Waals surface area contributed by atoms with Crippen molar-refractivity contribution in [2.75, 3.05) is 23.7 Å². The van der Waals surface area contributed by atoms with E-state index in [1.165, 1.54) is 9.21 Å². The molecule has 3 aromatic carbocycles. The van der Waals surface area contributed by atoms with Gasteiger partial charge in [0, 0.05) is 47.6 Å². The Labute approximate surface area is 271 Å². The zero-order valence-corrected chi connectivity index (χ0v) is 28.0. The van der Waals surface area contributed by atoms with Crippen LogP contribution in [0.25, 0.3) is 0 Å². The second kappa shape index (κ2) is 16.7. The molecule has 0 saturated heterocycles. The number of ether oxygens (including phenoxy) is 1. The summed E-state index contributed by atoms with van der Waals surface area (Å²) in [5, 5.41) is 3.80. The first-order chi connectivity index (χ1) is 21.0. The van der Waals surface area contributed by atoms with E-state index in [2.05, 4.69) is 5.32 Å². The molecule has 0 aliphatic rings. The normalized spacial score (nSPS) is 12.7. The number of nitrogens with zero attached hydrogens (tertiary/aromatic N) is 2. The zero-order valence-electron chi connectivity index (χ0n) is 25.6. The number of rotatable bonds is 16. The van der Waals surface area contributed by atoms with Gasteiger partial charge in [0.25, 0.3) is 0 Å². The Morgan fingerprint density at radius 2 is 1.57 bits per heavy atom. The Bertz CT molecular complexity index is 1480. The minimum absolute atomic E-state index is 0.00568. The van der Waals surface area contributed by atoms with E-state index in [0.717, 1.165) is 18.2 Å². The van der Waals surface area contributed by atoms with Gasteiger partial charge in [0.05, 0.1) is 18.6 Å². The number of nitrogens with one attached hydrogen (secondary N) is 1. The molecule has 0 aliphatic carbocycles. The molecule has 0 aliphatic heterocycles. The summed E-state index contributed by atoms with van der Waals surface area (Å²) in [4.78, 5) is 29.3. The lowest BCUT2D eigenvalue weighted by Crippen LogP contribution is -2.52. The van der Waals surface area contributed by atoms with Gasteiger partial charge in [-0.3, -0.25) is 13.9 Å². The Morgan fingerprint density at radius 1 is 0.932 bits per heavy atom. The molecule has 0 aromatic heterocycles. The van der Waals surface area contributed by atoms with E-state index in [0.29, 0.717) is 33.7 Å². The van der Waals surface area contributed by atoms with Crippen LogP contribution in [0.3, 0.4) is 0 Å². The van der Waals surface area contributed by atoms with Crippen LogP contribution in [-0.4, -0.2) is 56.6 Å². The van der Waals surface area contributed by atoms with Crippen molar-refractivity contribution in [1.82, 2.24) is 10.2 Å². The van der Waals surface area contributed by atoms with Crippen LogP contribution in [0, 0.1) is 0 Å². The fourth-order valence-electron chi connectivity index (χ4n) is 4.77. The topological polar surface area (TPSA) is 96.0 Å². The first-order valence-electron chi connectivity index (χ1n) is 14.7. The van der Waals surface area contributed by atoms with Gasteiger partial charge in [-0.25, -0.2) is 8.42 Å². The van der Waals surface area contributed by atoms with E-state index in [9.17, 15) is 18.0 Å². The fraction of sp³-hybridized carbons (Fsp3) is 0.394. The highest BCUT2D eigenvalue weighted by atomic mass is 35.5. The fourth-order valence-corrected chi connectivity index (χ4v) is 6.26. The number of sulfonamides is 1. The molecule has 44 heavy (non-hydrogen) atoms. The standard InChI is InChI=1S/C33H41Cl2N3O5S/c1-5-24(3)36-33(40)30(22-25-14-8-7-9-15-25)37(23-26-27(34)16-12-17-28(26)35)32(39)20-13-21-38(44(4,41)42)29-18-10-11-19-31(29)43-6-2/h7-12,14-19,24,30H,5-6,13,20-23H2,1-4H3,(H,36,40)/t24-,30-/m1/s1. The Kier molecular flexibility index (Phi) is 13.4. The van der Waals surface area contributed by atoms with Gasteiger partial charge >= 0.3 is 0 Å². The summed E-state index contributed by atoms with van der Waals surface area (Å²) < 4.78 is 32.6. The Hall–Kier alpha value is -3.27. The quantitative estimate of drug-likeness (QED) is 0.189. The third kappa shape index (κ3) is 9.87. The van der Waals surface area contributed by atoms with Gasteiger partial charge in [0.15, 0.2) is 0 Å².